The van der Waals surface area contributed by atoms with Crippen molar-refractivity contribution in [3.63, 3.8) is 0 Å². The van der Waals surface area contributed by atoms with Crippen molar-refractivity contribution in [1.82, 2.24) is 15.8 Å². The van der Waals surface area contributed by atoms with Crippen LogP contribution in [0.15, 0.2) is 6.07 Å². The summed E-state index contributed by atoms with van der Waals surface area (Å²) >= 11 is 1.49. The molecule has 32 heavy (non-hydrogen) atoms. The van der Waals surface area contributed by atoms with E-state index < -0.39 is 5.91 Å². The predicted octanol–water partition coefficient (Wildman–Crippen LogP) is 3.23. The Bertz CT molecular complexity index is 908. The van der Waals surface area contributed by atoms with Gasteiger partial charge in [0.05, 0.1) is 16.7 Å². The molecular formula is C24H33N3O4S. The smallest absolute Gasteiger partial charge is 0.279 e. The highest BCUT2D eigenvalue weighted by molar-refractivity contribution is 7.14. The first-order valence-corrected chi connectivity index (χ1v) is 12.5. The van der Waals surface area contributed by atoms with Crippen LogP contribution >= 0.6 is 11.3 Å². The molecule has 3 unspecified atom stereocenters. The van der Waals surface area contributed by atoms with Crippen molar-refractivity contribution in [3.8, 4) is 0 Å². The highest BCUT2D eigenvalue weighted by Crippen LogP contribution is 2.40. The number of amides is 4. The first-order valence-electron chi connectivity index (χ1n) is 11.7. The third-order valence-electron chi connectivity index (χ3n) is 7.34. The van der Waals surface area contributed by atoms with Gasteiger partial charge < -0.3 is 0 Å². The van der Waals surface area contributed by atoms with Crippen molar-refractivity contribution in [1.29, 1.82) is 0 Å². The zero-order valence-electron chi connectivity index (χ0n) is 19.2. The van der Waals surface area contributed by atoms with E-state index in [-0.39, 0.29) is 47.9 Å². The van der Waals surface area contributed by atoms with Gasteiger partial charge in [0.1, 0.15) is 0 Å². The number of fused-ring (bicyclic) bond motifs is 2. The third kappa shape index (κ3) is 4.60. The molecule has 1 aliphatic heterocycles. The fourth-order valence-corrected chi connectivity index (χ4v) is 6.39. The first-order chi connectivity index (χ1) is 15.1. The molecule has 1 saturated heterocycles. The minimum absolute atomic E-state index is 0.0224. The number of rotatable bonds is 4. The molecule has 3 aliphatic rings. The van der Waals surface area contributed by atoms with E-state index in [0.717, 1.165) is 44.9 Å². The largest absolute Gasteiger partial charge is 0.282 e. The molecule has 1 aromatic rings. The summed E-state index contributed by atoms with van der Waals surface area (Å²) in [6.45, 7) is 6.84. The summed E-state index contributed by atoms with van der Waals surface area (Å²) in [5.41, 5.74) is 6.39. The number of imide groups is 1. The van der Waals surface area contributed by atoms with Gasteiger partial charge in [0, 0.05) is 17.8 Å². The summed E-state index contributed by atoms with van der Waals surface area (Å²) in [6.07, 6.45) is 6.55. The number of thiophene rings is 1. The molecule has 2 fully saturated rings. The predicted molar refractivity (Wildman–Crippen MR) is 122 cm³/mol. The fraction of sp³-hybridized carbons (Fsp3) is 0.667. The molecule has 4 amide bonds. The topological polar surface area (TPSA) is 95.6 Å². The van der Waals surface area contributed by atoms with Crippen LogP contribution in [0.5, 0.6) is 0 Å². The van der Waals surface area contributed by atoms with Crippen LogP contribution in [-0.2, 0) is 27.2 Å². The van der Waals surface area contributed by atoms with Gasteiger partial charge >= 0.3 is 0 Å². The highest BCUT2D eigenvalue weighted by atomic mass is 32.1. The quantitative estimate of drug-likeness (QED) is 0.534. The van der Waals surface area contributed by atoms with E-state index in [9.17, 15) is 19.2 Å². The number of hydrogen-bond donors (Lipinski definition) is 2. The number of hydrogen-bond acceptors (Lipinski definition) is 5. The number of nitrogens with one attached hydrogen (secondary N) is 2. The summed E-state index contributed by atoms with van der Waals surface area (Å²) in [5, 5.41) is 0. The number of carbonyl (C=O) groups is 4. The standard InChI is InChI=1S/C24H33N3O4S/c1-24(2,3)15-8-9-18-14(12-15)13-19(32-18)21(29)26-25-20(28)10-11-27-22(30)16-6-4-5-7-17(16)23(27)31/h13,15-17H,4-12H2,1-3H3,(H,25,28)(H,26,29). The Morgan fingerprint density at radius 2 is 1.72 bits per heavy atom. The van der Waals surface area contributed by atoms with E-state index in [1.54, 1.807) is 0 Å². The monoisotopic (exact) mass is 459 g/mol. The Kier molecular flexibility index (Phi) is 6.43. The zero-order valence-corrected chi connectivity index (χ0v) is 20.0. The van der Waals surface area contributed by atoms with Crippen molar-refractivity contribution in [2.45, 2.75) is 72.1 Å². The maximum atomic E-state index is 12.5. The molecule has 0 bridgehead atoms. The third-order valence-corrected chi connectivity index (χ3v) is 8.58. The Balaban J connectivity index is 1.26. The molecular weight excluding hydrogens is 426 g/mol. The Morgan fingerprint density at radius 1 is 1.06 bits per heavy atom. The maximum Gasteiger partial charge on any atom is 0.279 e. The van der Waals surface area contributed by atoms with E-state index >= 15 is 0 Å². The van der Waals surface area contributed by atoms with Gasteiger partial charge in [0.15, 0.2) is 0 Å². The molecule has 2 heterocycles. The summed E-state index contributed by atoms with van der Waals surface area (Å²) in [5.74, 6) is -0.848. The normalized spacial score (nSPS) is 25.3. The van der Waals surface area contributed by atoms with Crippen molar-refractivity contribution in [2.24, 2.45) is 23.2 Å². The average molecular weight is 460 g/mol. The van der Waals surface area contributed by atoms with E-state index in [0.29, 0.717) is 10.8 Å². The van der Waals surface area contributed by atoms with Gasteiger partial charge in [-0.05, 0) is 55.1 Å². The number of aryl methyl sites for hydroxylation is 1. The Labute approximate surface area is 193 Å². The number of carbonyl (C=O) groups excluding carboxylic acids is 4. The minimum atomic E-state index is -0.414. The molecule has 7 nitrogen and oxygen atoms in total. The van der Waals surface area contributed by atoms with Crippen molar-refractivity contribution in [2.75, 3.05) is 6.54 Å². The molecule has 4 rings (SSSR count). The molecule has 0 aromatic carbocycles. The maximum absolute atomic E-state index is 12.5. The van der Waals surface area contributed by atoms with Crippen molar-refractivity contribution >= 4 is 35.0 Å². The van der Waals surface area contributed by atoms with E-state index in [1.165, 1.54) is 26.7 Å². The lowest BCUT2D eigenvalue weighted by Gasteiger charge is -2.33. The summed E-state index contributed by atoms with van der Waals surface area (Å²) in [4.78, 5) is 52.9. The van der Waals surface area contributed by atoms with Crippen LogP contribution in [0.4, 0.5) is 0 Å². The number of hydrazine groups is 1. The second kappa shape index (κ2) is 8.96. The molecule has 0 radical (unpaired) electrons. The first kappa shape index (κ1) is 23.0. The minimum Gasteiger partial charge on any atom is -0.282 e. The van der Waals surface area contributed by atoms with Crippen molar-refractivity contribution < 1.29 is 19.2 Å². The summed E-state index contributed by atoms with van der Waals surface area (Å²) < 4.78 is 0. The molecule has 2 N–H and O–H groups in total. The average Bonchev–Trinajstić information content (AvgIpc) is 3.29. The molecule has 1 saturated carbocycles. The lowest BCUT2D eigenvalue weighted by molar-refractivity contribution is -0.140. The van der Waals surface area contributed by atoms with Gasteiger partial charge in [-0.2, -0.15) is 0 Å². The SMILES string of the molecule is CC(C)(C)C1CCc2sc(C(=O)NNC(=O)CCN3C(=O)C4CCCCC4C3=O)cc2C1. The van der Waals surface area contributed by atoms with E-state index in [4.69, 9.17) is 0 Å². The second-order valence-electron chi connectivity index (χ2n) is 10.4. The van der Waals surface area contributed by atoms with Gasteiger partial charge in [-0.3, -0.25) is 34.9 Å². The molecule has 1 aromatic heterocycles. The molecule has 3 atom stereocenters. The molecule has 174 valence electrons. The zero-order chi connectivity index (χ0) is 23.0. The fourth-order valence-electron chi connectivity index (χ4n) is 5.29. The second-order valence-corrected chi connectivity index (χ2v) is 11.6. The van der Waals surface area contributed by atoms with Crippen LogP contribution in [0.3, 0.4) is 0 Å². The lowest BCUT2D eigenvalue weighted by atomic mass is 9.72. The van der Waals surface area contributed by atoms with Gasteiger partial charge in [0.2, 0.25) is 17.7 Å². The Morgan fingerprint density at radius 3 is 2.34 bits per heavy atom. The number of likely N-dealkylation sites (tertiary alicyclic amines) is 1. The van der Waals surface area contributed by atoms with E-state index in [2.05, 4.69) is 31.6 Å². The van der Waals surface area contributed by atoms with Crippen LogP contribution in [0.25, 0.3) is 0 Å². The van der Waals surface area contributed by atoms with Crippen molar-refractivity contribution in [3.05, 3.63) is 21.4 Å². The van der Waals surface area contributed by atoms with Crippen LogP contribution in [0.1, 0.15) is 79.4 Å². The van der Waals surface area contributed by atoms with Gasteiger partial charge in [-0.25, -0.2) is 0 Å². The summed E-state index contributed by atoms with van der Waals surface area (Å²) in [7, 11) is 0. The van der Waals surface area contributed by atoms with Gasteiger partial charge in [0.25, 0.3) is 5.91 Å². The lowest BCUT2D eigenvalue weighted by Crippen LogP contribution is -2.43. The van der Waals surface area contributed by atoms with Crippen LogP contribution in [0, 0.1) is 23.2 Å². The summed E-state index contributed by atoms with van der Waals surface area (Å²) in [6, 6.07) is 1.95. The molecule has 2 aliphatic carbocycles. The van der Waals surface area contributed by atoms with Crippen LogP contribution in [0.2, 0.25) is 0 Å². The van der Waals surface area contributed by atoms with E-state index in [1.807, 2.05) is 6.07 Å². The van der Waals surface area contributed by atoms with Gasteiger partial charge in [-0.1, -0.05) is 33.6 Å². The highest BCUT2D eigenvalue weighted by Gasteiger charge is 2.47. The Hall–Kier alpha value is -2.22. The van der Waals surface area contributed by atoms with Crippen LogP contribution in [-0.4, -0.2) is 35.1 Å². The van der Waals surface area contributed by atoms with Gasteiger partial charge in [-0.15, -0.1) is 11.3 Å². The molecule has 0 spiro atoms. The molecule has 8 heteroatoms. The van der Waals surface area contributed by atoms with Crippen LogP contribution < -0.4 is 10.9 Å². The number of nitrogens with zero attached hydrogens (tertiary/aromatic N) is 1.